The Balaban J connectivity index is 2.56. The average molecular weight is 290 g/mol. The van der Waals surface area contributed by atoms with Crippen LogP contribution >= 0.6 is 0 Å². The predicted molar refractivity (Wildman–Crippen MR) is 83.9 cm³/mol. The monoisotopic (exact) mass is 290 g/mol. The lowest BCUT2D eigenvalue weighted by molar-refractivity contribution is -0.117. The number of amides is 1. The number of phenols is 2. The number of aliphatic imine (C=N–C) groups is 1. The quantitative estimate of drug-likeness (QED) is 0.409. The summed E-state index contributed by atoms with van der Waals surface area (Å²) in [6.07, 6.45) is 1.39. The first-order valence-corrected chi connectivity index (χ1v) is 6.95. The van der Waals surface area contributed by atoms with Gasteiger partial charge in [0.2, 0.25) is 5.91 Å². The summed E-state index contributed by atoms with van der Waals surface area (Å²) in [5.74, 6) is -0.105. The van der Waals surface area contributed by atoms with E-state index in [4.69, 9.17) is 0 Å². The van der Waals surface area contributed by atoms with Crippen LogP contribution in [0.15, 0.2) is 35.3 Å². The largest absolute Gasteiger partial charge is 0.508 e. The summed E-state index contributed by atoms with van der Waals surface area (Å²) in [6, 6.07) is 4.47. The van der Waals surface area contributed by atoms with Gasteiger partial charge in [-0.3, -0.25) is 9.79 Å². The van der Waals surface area contributed by atoms with E-state index < -0.39 is 0 Å². The number of benzene rings is 1. The fourth-order valence-electron chi connectivity index (χ4n) is 1.80. The Hall–Kier alpha value is -2.30. The molecule has 0 aromatic heterocycles. The Morgan fingerprint density at radius 1 is 1.38 bits per heavy atom. The lowest BCUT2D eigenvalue weighted by atomic mass is 10.1. The number of hydrogen-bond acceptors (Lipinski definition) is 4. The first-order chi connectivity index (χ1) is 9.95. The van der Waals surface area contributed by atoms with Crippen LogP contribution in [0.4, 0.5) is 0 Å². The minimum absolute atomic E-state index is 0.0196. The van der Waals surface area contributed by atoms with E-state index in [9.17, 15) is 15.0 Å². The van der Waals surface area contributed by atoms with Crippen LogP contribution in [0.5, 0.6) is 11.5 Å². The van der Waals surface area contributed by atoms with E-state index in [2.05, 4.69) is 16.9 Å². The zero-order chi connectivity index (χ0) is 15.8. The Morgan fingerprint density at radius 2 is 2.10 bits per heavy atom. The lowest BCUT2D eigenvalue weighted by Gasteiger charge is -2.08. The molecule has 3 N–H and O–H groups in total. The highest BCUT2D eigenvalue weighted by Crippen LogP contribution is 2.24. The molecule has 1 amide bonds. The van der Waals surface area contributed by atoms with E-state index in [1.165, 1.54) is 12.1 Å². The van der Waals surface area contributed by atoms with E-state index in [1.807, 2.05) is 6.92 Å². The van der Waals surface area contributed by atoms with E-state index in [0.29, 0.717) is 37.1 Å². The molecular formula is C16H22N2O3. The molecule has 0 aliphatic carbocycles. The first-order valence-electron chi connectivity index (χ1n) is 6.95. The minimum Gasteiger partial charge on any atom is -0.508 e. The Kier molecular flexibility index (Phi) is 6.46. The van der Waals surface area contributed by atoms with Crippen molar-refractivity contribution in [3.05, 3.63) is 35.9 Å². The summed E-state index contributed by atoms with van der Waals surface area (Å²) in [4.78, 5) is 15.7. The van der Waals surface area contributed by atoms with Crippen LogP contribution in [0.25, 0.3) is 0 Å². The standard InChI is InChI=1S/C16H22N2O3/c1-4-14(13-7-6-12(19)10-15(13)20)17-8-5-9-18-16(21)11(2)3/h6-7,10,19-20H,2,4-5,8-9H2,1,3H3,(H,18,21). The molecule has 114 valence electrons. The highest BCUT2D eigenvalue weighted by atomic mass is 16.3. The fraction of sp³-hybridized carbons (Fsp3) is 0.375. The number of carbonyl (C=O) groups is 1. The molecule has 1 rings (SSSR count). The Labute approximate surface area is 125 Å². The molecule has 5 heteroatoms. The van der Waals surface area contributed by atoms with Gasteiger partial charge in [-0.15, -0.1) is 0 Å². The number of nitrogens with zero attached hydrogens (tertiary/aromatic N) is 1. The van der Waals surface area contributed by atoms with Gasteiger partial charge < -0.3 is 15.5 Å². The lowest BCUT2D eigenvalue weighted by Crippen LogP contribution is -2.25. The third kappa shape index (κ3) is 5.30. The van der Waals surface area contributed by atoms with Gasteiger partial charge in [-0.2, -0.15) is 0 Å². The van der Waals surface area contributed by atoms with Crippen LogP contribution in [0, 0.1) is 0 Å². The Morgan fingerprint density at radius 3 is 2.67 bits per heavy atom. The van der Waals surface area contributed by atoms with Crippen molar-refractivity contribution < 1.29 is 15.0 Å². The second kappa shape index (κ2) is 8.09. The van der Waals surface area contributed by atoms with Gasteiger partial charge in [0.05, 0.1) is 0 Å². The molecular weight excluding hydrogens is 268 g/mol. The molecule has 0 unspecified atom stereocenters. The normalized spacial score (nSPS) is 11.2. The van der Waals surface area contributed by atoms with Crippen LogP contribution in [0.1, 0.15) is 32.3 Å². The maximum absolute atomic E-state index is 11.3. The van der Waals surface area contributed by atoms with Gasteiger partial charge in [-0.1, -0.05) is 13.5 Å². The average Bonchev–Trinajstić information content (AvgIpc) is 2.43. The predicted octanol–water partition coefficient (Wildman–Crippen LogP) is 2.38. The van der Waals surface area contributed by atoms with Crippen LogP contribution in [0.3, 0.4) is 0 Å². The summed E-state index contributed by atoms with van der Waals surface area (Å²) in [5.41, 5.74) is 1.89. The van der Waals surface area contributed by atoms with Gasteiger partial charge in [0.1, 0.15) is 11.5 Å². The summed E-state index contributed by atoms with van der Waals surface area (Å²) >= 11 is 0. The van der Waals surface area contributed by atoms with Crippen molar-refractivity contribution >= 4 is 11.6 Å². The van der Waals surface area contributed by atoms with Crippen molar-refractivity contribution in [2.45, 2.75) is 26.7 Å². The van der Waals surface area contributed by atoms with Crippen molar-refractivity contribution in [2.75, 3.05) is 13.1 Å². The van der Waals surface area contributed by atoms with Gasteiger partial charge in [0, 0.05) is 36.0 Å². The zero-order valence-electron chi connectivity index (χ0n) is 12.5. The fourth-order valence-corrected chi connectivity index (χ4v) is 1.80. The molecule has 0 spiro atoms. The topological polar surface area (TPSA) is 81.9 Å². The molecule has 0 bridgehead atoms. The Bertz CT molecular complexity index is 550. The van der Waals surface area contributed by atoms with Crippen LogP contribution in [-0.2, 0) is 4.79 Å². The molecule has 0 radical (unpaired) electrons. The molecule has 1 aromatic carbocycles. The maximum atomic E-state index is 11.3. The van der Waals surface area contributed by atoms with Crippen molar-refractivity contribution in [3.8, 4) is 11.5 Å². The molecule has 1 aromatic rings. The summed E-state index contributed by atoms with van der Waals surface area (Å²) in [7, 11) is 0. The van der Waals surface area contributed by atoms with Gasteiger partial charge in [-0.25, -0.2) is 0 Å². The van der Waals surface area contributed by atoms with E-state index in [0.717, 1.165) is 5.71 Å². The first kappa shape index (κ1) is 16.8. The third-order valence-corrected chi connectivity index (χ3v) is 2.94. The second-order valence-corrected chi connectivity index (χ2v) is 4.77. The van der Waals surface area contributed by atoms with Crippen molar-refractivity contribution in [1.82, 2.24) is 5.32 Å². The zero-order valence-corrected chi connectivity index (χ0v) is 12.5. The van der Waals surface area contributed by atoms with Gasteiger partial charge in [0.15, 0.2) is 0 Å². The number of carbonyl (C=O) groups excluding carboxylic acids is 1. The molecule has 0 fully saturated rings. The van der Waals surface area contributed by atoms with Gasteiger partial charge in [0.25, 0.3) is 0 Å². The smallest absolute Gasteiger partial charge is 0.246 e. The summed E-state index contributed by atoms with van der Waals surface area (Å²) in [6.45, 7) is 8.27. The van der Waals surface area contributed by atoms with Gasteiger partial charge >= 0.3 is 0 Å². The van der Waals surface area contributed by atoms with Crippen LogP contribution in [-0.4, -0.2) is 34.9 Å². The van der Waals surface area contributed by atoms with Crippen molar-refractivity contribution in [3.63, 3.8) is 0 Å². The maximum Gasteiger partial charge on any atom is 0.246 e. The molecule has 5 nitrogen and oxygen atoms in total. The molecule has 0 heterocycles. The van der Waals surface area contributed by atoms with Crippen molar-refractivity contribution in [2.24, 2.45) is 4.99 Å². The molecule has 0 saturated heterocycles. The van der Waals surface area contributed by atoms with Crippen molar-refractivity contribution in [1.29, 1.82) is 0 Å². The molecule has 0 aliphatic heterocycles. The SMILES string of the molecule is C=C(C)C(=O)NCCCN=C(CC)c1ccc(O)cc1O. The molecule has 0 saturated carbocycles. The van der Waals surface area contributed by atoms with Gasteiger partial charge in [-0.05, 0) is 31.9 Å². The molecule has 0 aliphatic rings. The number of phenolic OH excluding ortho intramolecular Hbond substituents is 2. The highest BCUT2D eigenvalue weighted by Gasteiger charge is 2.07. The highest BCUT2D eigenvalue weighted by molar-refractivity contribution is 6.02. The van der Waals surface area contributed by atoms with E-state index in [1.54, 1.807) is 13.0 Å². The number of rotatable bonds is 7. The molecule has 0 atom stereocenters. The van der Waals surface area contributed by atoms with Crippen LogP contribution in [0.2, 0.25) is 0 Å². The molecule has 21 heavy (non-hydrogen) atoms. The number of nitrogens with one attached hydrogen (secondary N) is 1. The van der Waals surface area contributed by atoms with E-state index in [-0.39, 0.29) is 17.4 Å². The summed E-state index contributed by atoms with van der Waals surface area (Å²) in [5, 5.41) is 21.9. The summed E-state index contributed by atoms with van der Waals surface area (Å²) < 4.78 is 0. The minimum atomic E-state index is -0.147. The van der Waals surface area contributed by atoms with E-state index >= 15 is 0 Å². The number of aromatic hydroxyl groups is 2. The number of hydrogen-bond donors (Lipinski definition) is 3. The second-order valence-electron chi connectivity index (χ2n) is 4.77. The third-order valence-electron chi connectivity index (χ3n) is 2.94. The van der Waals surface area contributed by atoms with Crippen LogP contribution < -0.4 is 5.32 Å².